The van der Waals surface area contributed by atoms with Crippen molar-refractivity contribution in [3.8, 4) is 5.75 Å². The van der Waals surface area contributed by atoms with Crippen molar-refractivity contribution in [3.63, 3.8) is 0 Å². The van der Waals surface area contributed by atoms with Crippen LogP contribution in [0.4, 0.5) is 0 Å². The SMILES string of the molecule is CCOC(=O)C(O)(O)C(O)(C(=O)Cc1c(C)n(C(=O)c2ccc(Cl)cc2)c2ccc(OC)cc12)C(=O)OCC. The number of aliphatic hydroxyl groups is 3. The molecule has 1 atom stereocenters. The van der Waals surface area contributed by atoms with Crippen molar-refractivity contribution < 1.29 is 48.7 Å². The molecule has 11 nitrogen and oxygen atoms in total. The van der Waals surface area contributed by atoms with E-state index in [1.165, 1.54) is 50.6 Å². The summed E-state index contributed by atoms with van der Waals surface area (Å²) < 4.78 is 15.9. The lowest BCUT2D eigenvalue weighted by Crippen LogP contribution is -2.69. The van der Waals surface area contributed by atoms with Crippen LogP contribution >= 0.6 is 11.6 Å². The zero-order valence-electron chi connectivity index (χ0n) is 21.7. The van der Waals surface area contributed by atoms with Gasteiger partial charge in [0.1, 0.15) is 5.75 Å². The van der Waals surface area contributed by atoms with Crippen LogP contribution in [0.1, 0.15) is 35.5 Å². The number of rotatable bonds is 10. The van der Waals surface area contributed by atoms with Crippen LogP contribution < -0.4 is 4.74 Å². The largest absolute Gasteiger partial charge is 0.497 e. The molecule has 1 unspecified atom stereocenters. The van der Waals surface area contributed by atoms with Gasteiger partial charge in [0.25, 0.3) is 11.5 Å². The molecule has 12 heteroatoms. The first-order chi connectivity index (χ1) is 18.3. The molecule has 39 heavy (non-hydrogen) atoms. The second kappa shape index (κ2) is 11.5. The number of fused-ring (bicyclic) bond motifs is 1. The Bertz CT molecular complexity index is 1430. The van der Waals surface area contributed by atoms with Gasteiger partial charge in [-0.15, -0.1) is 0 Å². The molecule has 0 aliphatic rings. The molecule has 3 N–H and O–H groups in total. The summed E-state index contributed by atoms with van der Waals surface area (Å²) >= 11 is 5.95. The number of esters is 2. The zero-order chi connectivity index (χ0) is 29.1. The fourth-order valence-electron chi connectivity index (χ4n) is 4.15. The monoisotopic (exact) mass is 561 g/mol. The third-order valence-electron chi connectivity index (χ3n) is 6.21. The summed E-state index contributed by atoms with van der Waals surface area (Å²) in [4.78, 5) is 52.0. The molecule has 0 aliphatic carbocycles. The lowest BCUT2D eigenvalue weighted by molar-refractivity contribution is -0.268. The van der Waals surface area contributed by atoms with Crippen LogP contribution in [-0.2, 0) is 30.3 Å². The molecule has 3 rings (SSSR count). The van der Waals surface area contributed by atoms with Crippen LogP contribution in [0.5, 0.6) is 5.75 Å². The Morgan fingerprint density at radius 1 is 0.923 bits per heavy atom. The Labute approximate surface area is 228 Å². The Kier molecular flexibility index (Phi) is 8.81. The van der Waals surface area contributed by atoms with Crippen molar-refractivity contribution in [3.05, 3.63) is 64.3 Å². The average molecular weight is 562 g/mol. The van der Waals surface area contributed by atoms with Crippen LogP contribution in [0.3, 0.4) is 0 Å². The van der Waals surface area contributed by atoms with Crippen LogP contribution in [0.25, 0.3) is 10.9 Å². The number of carbonyl (C=O) groups is 4. The number of hydrogen-bond acceptors (Lipinski definition) is 10. The van der Waals surface area contributed by atoms with Gasteiger partial charge in [0.05, 0.1) is 25.8 Å². The molecule has 3 aromatic rings. The molecule has 0 saturated heterocycles. The van der Waals surface area contributed by atoms with E-state index in [9.17, 15) is 34.5 Å². The maximum absolute atomic E-state index is 13.5. The highest BCUT2D eigenvalue weighted by molar-refractivity contribution is 6.30. The molecule has 0 bridgehead atoms. The van der Waals surface area contributed by atoms with Crippen LogP contribution in [0, 0.1) is 6.92 Å². The average Bonchev–Trinajstić information content (AvgIpc) is 3.18. The molecule has 208 valence electrons. The minimum Gasteiger partial charge on any atom is -0.497 e. The van der Waals surface area contributed by atoms with E-state index in [1.807, 2.05) is 0 Å². The summed E-state index contributed by atoms with van der Waals surface area (Å²) in [5.41, 5.74) is -2.72. The third kappa shape index (κ3) is 5.26. The van der Waals surface area contributed by atoms with Crippen LogP contribution in [0.15, 0.2) is 42.5 Å². The Morgan fingerprint density at radius 2 is 1.51 bits per heavy atom. The number of nitrogens with zero attached hydrogens (tertiary/aromatic N) is 1. The van der Waals surface area contributed by atoms with Crippen molar-refractivity contribution in [1.82, 2.24) is 4.57 Å². The summed E-state index contributed by atoms with van der Waals surface area (Å²) in [5.74, 6) is -9.14. The maximum atomic E-state index is 13.5. The number of methoxy groups -OCH3 is 1. The summed E-state index contributed by atoms with van der Waals surface area (Å²) in [5, 5.41) is 32.9. The fraction of sp³-hybridized carbons (Fsp3) is 0.333. The number of benzene rings is 2. The topological polar surface area (TPSA) is 162 Å². The summed E-state index contributed by atoms with van der Waals surface area (Å²) in [6.45, 7) is 3.55. The van der Waals surface area contributed by atoms with E-state index in [1.54, 1.807) is 24.3 Å². The quantitative estimate of drug-likeness (QED) is 0.189. The number of halogens is 1. The van der Waals surface area contributed by atoms with E-state index >= 15 is 0 Å². The van der Waals surface area contributed by atoms with Gasteiger partial charge in [0.15, 0.2) is 5.78 Å². The van der Waals surface area contributed by atoms with E-state index < -0.39 is 41.4 Å². The normalized spacial score (nSPS) is 13.0. The molecule has 0 radical (unpaired) electrons. The minimum absolute atomic E-state index is 0.151. The van der Waals surface area contributed by atoms with E-state index in [4.69, 9.17) is 21.1 Å². The van der Waals surface area contributed by atoms with Crippen molar-refractivity contribution >= 4 is 46.1 Å². The first kappa shape index (κ1) is 29.8. The first-order valence-electron chi connectivity index (χ1n) is 11.9. The molecule has 2 aromatic carbocycles. The lowest BCUT2D eigenvalue weighted by atomic mass is 9.84. The molecule has 1 aromatic heterocycles. The maximum Gasteiger partial charge on any atom is 0.370 e. The van der Waals surface area contributed by atoms with E-state index in [0.29, 0.717) is 21.7 Å². The van der Waals surface area contributed by atoms with E-state index in [2.05, 4.69) is 4.74 Å². The molecule has 0 spiro atoms. The van der Waals surface area contributed by atoms with Crippen molar-refractivity contribution in [2.45, 2.75) is 38.6 Å². The van der Waals surface area contributed by atoms with Gasteiger partial charge in [-0.2, -0.15) is 0 Å². The van der Waals surface area contributed by atoms with Gasteiger partial charge in [0.2, 0.25) is 0 Å². The molecule has 1 heterocycles. The van der Waals surface area contributed by atoms with Crippen molar-refractivity contribution in [2.24, 2.45) is 0 Å². The summed E-state index contributed by atoms with van der Waals surface area (Å²) in [6, 6.07) is 10.9. The highest BCUT2D eigenvalue weighted by Gasteiger charge is 2.66. The minimum atomic E-state index is -3.98. The Morgan fingerprint density at radius 3 is 2.08 bits per heavy atom. The number of hydrogen-bond donors (Lipinski definition) is 3. The number of ketones is 1. The second-order valence-corrected chi connectivity index (χ2v) is 8.95. The summed E-state index contributed by atoms with van der Waals surface area (Å²) in [7, 11) is 1.42. The lowest BCUT2D eigenvalue weighted by Gasteiger charge is -2.33. The predicted octanol–water partition coefficient (Wildman–Crippen LogP) is 1.95. The predicted molar refractivity (Wildman–Crippen MR) is 139 cm³/mol. The van der Waals surface area contributed by atoms with Crippen LogP contribution in [-0.4, -0.2) is 75.2 Å². The van der Waals surface area contributed by atoms with Crippen molar-refractivity contribution in [2.75, 3.05) is 20.3 Å². The van der Waals surface area contributed by atoms with Gasteiger partial charge in [0, 0.05) is 28.1 Å². The van der Waals surface area contributed by atoms with Gasteiger partial charge in [-0.1, -0.05) is 11.6 Å². The zero-order valence-corrected chi connectivity index (χ0v) is 22.4. The standard InChI is InChI=1S/C27H28ClNO10/c1-5-38-24(32)26(34,27(35,36)25(33)39-6-2)22(30)14-19-15(3)29(21-12-11-18(37-4)13-20(19)21)23(31)16-7-9-17(28)10-8-16/h7-13,34-36H,5-6,14H2,1-4H3. The van der Waals surface area contributed by atoms with Gasteiger partial charge < -0.3 is 29.5 Å². The van der Waals surface area contributed by atoms with Gasteiger partial charge in [-0.25, -0.2) is 9.59 Å². The Hall–Kier alpha value is -3.77. The van der Waals surface area contributed by atoms with Gasteiger partial charge >= 0.3 is 17.7 Å². The molecular formula is C27H28ClNO10. The van der Waals surface area contributed by atoms with E-state index in [-0.39, 0.29) is 30.0 Å². The van der Waals surface area contributed by atoms with Gasteiger partial charge in [-0.3, -0.25) is 14.2 Å². The molecule has 0 aliphatic heterocycles. The molecule has 0 amide bonds. The number of carbonyl (C=O) groups excluding carboxylic acids is 4. The number of Topliss-reactive ketones (excluding diaryl/α,β-unsaturated/α-hetero) is 1. The Balaban J connectivity index is 2.20. The van der Waals surface area contributed by atoms with Gasteiger partial charge in [-0.05, 0) is 68.8 Å². The summed E-state index contributed by atoms with van der Waals surface area (Å²) in [6.07, 6.45) is -0.812. The molecule has 0 fully saturated rings. The fourth-order valence-corrected chi connectivity index (χ4v) is 4.28. The molecular weight excluding hydrogens is 534 g/mol. The second-order valence-electron chi connectivity index (χ2n) is 8.52. The third-order valence-corrected chi connectivity index (χ3v) is 6.46. The van der Waals surface area contributed by atoms with Crippen LogP contribution in [0.2, 0.25) is 5.02 Å². The van der Waals surface area contributed by atoms with E-state index in [0.717, 1.165) is 0 Å². The van der Waals surface area contributed by atoms with Crippen molar-refractivity contribution in [1.29, 1.82) is 0 Å². The smallest absolute Gasteiger partial charge is 0.370 e. The number of aromatic nitrogens is 1. The highest BCUT2D eigenvalue weighted by Crippen LogP contribution is 2.33. The molecule has 0 saturated carbocycles. The number of ether oxygens (including phenoxy) is 3. The highest BCUT2D eigenvalue weighted by atomic mass is 35.5. The first-order valence-corrected chi connectivity index (χ1v) is 12.3.